The van der Waals surface area contributed by atoms with Crippen LogP contribution in [-0.4, -0.2) is 12.5 Å². The number of rotatable bonds is 2. The van der Waals surface area contributed by atoms with Crippen LogP contribution >= 0.6 is 0 Å². The molecule has 21 heavy (non-hydrogen) atoms. The van der Waals surface area contributed by atoms with Crippen LogP contribution in [0.1, 0.15) is 40.9 Å². The largest absolute Gasteiger partial charge is 0.324 e. The van der Waals surface area contributed by atoms with E-state index in [1.807, 2.05) is 53.4 Å². The maximum atomic E-state index is 12.8. The Morgan fingerprint density at radius 2 is 1.90 bits per heavy atom. The number of fused-ring (bicyclic) bond motifs is 1. The molecule has 0 fully saturated rings. The van der Waals surface area contributed by atoms with Crippen LogP contribution in [0.4, 0.5) is 5.69 Å². The van der Waals surface area contributed by atoms with E-state index in [1.165, 1.54) is 5.56 Å². The van der Waals surface area contributed by atoms with Crippen LogP contribution in [0.2, 0.25) is 0 Å². The van der Waals surface area contributed by atoms with Gasteiger partial charge in [-0.25, -0.2) is 0 Å². The highest BCUT2D eigenvalue weighted by atomic mass is 16.2. The van der Waals surface area contributed by atoms with E-state index in [4.69, 9.17) is 5.73 Å². The van der Waals surface area contributed by atoms with Crippen LogP contribution in [0.25, 0.3) is 0 Å². The van der Waals surface area contributed by atoms with Crippen LogP contribution in [0.3, 0.4) is 0 Å². The number of aryl methyl sites for hydroxylation is 1. The molecule has 2 aromatic carbocycles. The highest BCUT2D eigenvalue weighted by Gasteiger charge is 2.26. The van der Waals surface area contributed by atoms with Gasteiger partial charge in [-0.15, -0.1) is 0 Å². The Kier molecular flexibility index (Phi) is 3.76. The van der Waals surface area contributed by atoms with Gasteiger partial charge in [-0.05, 0) is 42.2 Å². The molecule has 0 radical (unpaired) electrons. The molecular weight excluding hydrogens is 260 g/mol. The zero-order valence-electron chi connectivity index (χ0n) is 12.3. The third kappa shape index (κ3) is 2.57. The Hall–Kier alpha value is -2.13. The topological polar surface area (TPSA) is 46.3 Å². The van der Waals surface area contributed by atoms with Gasteiger partial charge in [0.1, 0.15) is 0 Å². The van der Waals surface area contributed by atoms with Crippen LogP contribution in [-0.2, 0) is 6.42 Å². The number of anilines is 1. The van der Waals surface area contributed by atoms with Crippen molar-refractivity contribution >= 4 is 11.6 Å². The first-order valence-electron chi connectivity index (χ1n) is 7.46. The van der Waals surface area contributed by atoms with Gasteiger partial charge in [0.15, 0.2) is 0 Å². The van der Waals surface area contributed by atoms with Gasteiger partial charge in [-0.1, -0.05) is 37.3 Å². The summed E-state index contributed by atoms with van der Waals surface area (Å²) < 4.78 is 0. The summed E-state index contributed by atoms with van der Waals surface area (Å²) in [6.45, 7) is 2.78. The molecule has 0 saturated heterocycles. The summed E-state index contributed by atoms with van der Waals surface area (Å²) in [5, 5.41) is 0. The molecule has 1 aliphatic heterocycles. The third-order valence-corrected chi connectivity index (χ3v) is 4.15. The Labute approximate surface area is 125 Å². The maximum Gasteiger partial charge on any atom is 0.258 e. The van der Waals surface area contributed by atoms with Crippen molar-refractivity contribution in [2.75, 3.05) is 11.4 Å². The summed E-state index contributed by atoms with van der Waals surface area (Å²) in [4.78, 5) is 14.6. The van der Waals surface area contributed by atoms with Crippen molar-refractivity contribution in [3.63, 3.8) is 0 Å². The molecule has 0 aliphatic carbocycles. The van der Waals surface area contributed by atoms with Gasteiger partial charge in [0.2, 0.25) is 0 Å². The fourth-order valence-electron chi connectivity index (χ4n) is 2.84. The average Bonchev–Trinajstić information content (AvgIpc) is 2.55. The predicted molar refractivity (Wildman–Crippen MR) is 85.5 cm³/mol. The van der Waals surface area contributed by atoms with Gasteiger partial charge in [0.25, 0.3) is 5.91 Å². The molecule has 0 aromatic heterocycles. The van der Waals surface area contributed by atoms with Crippen LogP contribution in [0.5, 0.6) is 0 Å². The normalized spacial score (nSPS) is 17.4. The fraction of sp³-hybridized carbons (Fsp3) is 0.278. The number of carbonyl (C=O) groups excluding carboxylic acids is 1. The van der Waals surface area contributed by atoms with Crippen molar-refractivity contribution in [2.45, 2.75) is 25.8 Å². The molecule has 3 heteroatoms. The summed E-state index contributed by atoms with van der Waals surface area (Å²) in [7, 11) is 0. The van der Waals surface area contributed by atoms with Crippen LogP contribution in [0, 0.1) is 0 Å². The molecule has 1 heterocycles. The molecule has 3 rings (SSSR count). The Balaban J connectivity index is 1.93. The van der Waals surface area contributed by atoms with E-state index < -0.39 is 0 Å². The van der Waals surface area contributed by atoms with Gasteiger partial charge in [-0.3, -0.25) is 4.79 Å². The number of nitrogens with two attached hydrogens (primary N) is 1. The van der Waals surface area contributed by atoms with E-state index in [0.717, 1.165) is 29.7 Å². The van der Waals surface area contributed by atoms with Gasteiger partial charge >= 0.3 is 0 Å². The van der Waals surface area contributed by atoms with Gasteiger partial charge < -0.3 is 10.6 Å². The number of nitrogens with zero attached hydrogens (tertiary/aromatic N) is 1. The van der Waals surface area contributed by atoms with E-state index in [1.54, 1.807) is 0 Å². The zero-order valence-corrected chi connectivity index (χ0v) is 12.3. The number of amides is 1. The lowest BCUT2D eigenvalue weighted by Crippen LogP contribution is -2.38. The SMILES string of the molecule is CCc1ccc(C(=O)N2CCC(N)c3ccccc32)cc1. The predicted octanol–water partition coefficient (Wildman–Crippen LogP) is 3.30. The monoisotopic (exact) mass is 280 g/mol. The smallest absolute Gasteiger partial charge is 0.258 e. The Morgan fingerprint density at radius 1 is 1.19 bits per heavy atom. The summed E-state index contributed by atoms with van der Waals surface area (Å²) in [5.41, 5.74) is 10.1. The van der Waals surface area contributed by atoms with Crippen LogP contribution in [0.15, 0.2) is 48.5 Å². The Morgan fingerprint density at radius 3 is 2.62 bits per heavy atom. The average molecular weight is 280 g/mol. The number of para-hydroxylation sites is 1. The molecule has 2 aromatic rings. The third-order valence-electron chi connectivity index (χ3n) is 4.15. The first-order valence-corrected chi connectivity index (χ1v) is 7.46. The lowest BCUT2D eigenvalue weighted by Gasteiger charge is -2.32. The molecule has 0 bridgehead atoms. The highest BCUT2D eigenvalue weighted by Crippen LogP contribution is 2.33. The zero-order chi connectivity index (χ0) is 14.8. The number of carbonyl (C=O) groups is 1. The molecular formula is C18H20N2O. The quantitative estimate of drug-likeness (QED) is 0.917. The van der Waals surface area contributed by atoms with Gasteiger partial charge in [0, 0.05) is 23.8 Å². The second-order valence-electron chi connectivity index (χ2n) is 5.46. The van der Waals surface area contributed by atoms with E-state index in [-0.39, 0.29) is 11.9 Å². The van der Waals surface area contributed by atoms with E-state index in [9.17, 15) is 4.79 Å². The minimum absolute atomic E-state index is 0.0210. The molecule has 1 aliphatic rings. The summed E-state index contributed by atoms with van der Waals surface area (Å²) in [6.07, 6.45) is 1.78. The fourth-order valence-corrected chi connectivity index (χ4v) is 2.84. The highest BCUT2D eigenvalue weighted by molar-refractivity contribution is 6.06. The minimum atomic E-state index is 0.0210. The summed E-state index contributed by atoms with van der Waals surface area (Å²) >= 11 is 0. The summed E-state index contributed by atoms with van der Waals surface area (Å²) in [6, 6.07) is 15.8. The van der Waals surface area contributed by atoms with E-state index in [2.05, 4.69) is 6.92 Å². The van der Waals surface area contributed by atoms with Crippen LogP contribution < -0.4 is 10.6 Å². The lowest BCUT2D eigenvalue weighted by molar-refractivity contribution is 0.0984. The number of hydrogen-bond acceptors (Lipinski definition) is 2. The van der Waals surface area contributed by atoms with Crippen molar-refractivity contribution < 1.29 is 4.79 Å². The van der Waals surface area contributed by atoms with E-state index >= 15 is 0 Å². The first kappa shape index (κ1) is 13.8. The van der Waals surface area contributed by atoms with Gasteiger partial charge in [0.05, 0.1) is 0 Å². The van der Waals surface area contributed by atoms with Gasteiger partial charge in [-0.2, -0.15) is 0 Å². The molecule has 2 N–H and O–H groups in total. The van der Waals surface area contributed by atoms with Crippen molar-refractivity contribution in [1.29, 1.82) is 0 Å². The molecule has 0 spiro atoms. The summed E-state index contributed by atoms with van der Waals surface area (Å²) in [5.74, 6) is 0.0528. The van der Waals surface area contributed by atoms with Crippen molar-refractivity contribution in [3.05, 3.63) is 65.2 Å². The second kappa shape index (κ2) is 5.70. The van der Waals surface area contributed by atoms with E-state index in [0.29, 0.717) is 6.54 Å². The van der Waals surface area contributed by atoms with Crippen molar-refractivity contribution in [2.24, 2.45) is 5.73 Å². The molecule has 1 unspecified atom stereocenters. The standard InChI is InChI=1S/C18H20N2O/c1-2-13-7-9-14(10-8-13)18(21)20-12-11-16(19)15-5-3-4-6-17(15)20/h3-10,16H,2,11-12,19H2,1H3. The number of benzene rings is 2. The molecule has 1 amide bonds. The van der Waals surface area contributed by atoms with Crippen molar-refractivity contribution in [1.82, 2.24) is 0 Å². The molecule has 1 atom stereocenters. The maximum absolute atomic E-state index is 12.8. The molecule has 0 saturated carbocycles. The molecule has 3 nitrogen and oxygen atoms in total. The first-order chi connectivity index (χ1) is 10.2. The lowest BCUT2D eigenvalue weighted by atomic mass is 9.96. The second-order valence-corrected chi connectivity index (χ2v) is 5.46. The van der Waals surface area contributed by atoms with Crippen molar-refractivity contribution in [3.8, 4) is 0 Å². The Bertz CT molecular complexity index is 649. The number of hydrogen-bond donors (Lipinski definition) is 1. The minimum Gasteiger partial charge on any atom is -0.324 e. The molecule has 108 valence electrons.